The molecule has 0 saturated heterocycles. The van der Waals surface area contributed by atoms with E-state index >= 15 is 0 Å². The molecule has 0 spiro atoms. The van der Waals surface area contributed by atoms with Crippen molar-refractivity contribution in [2.24, 2.45) is 7.05 Å². The Hall–Kier alpha value is -8.99. The van der Waals surface area contributed by atoms with Gasteiger partial charge in [0.05, 0.1) is 54.1 Å². The van der Waals surface area contributed by atoms with Crippen molar-refractivity contribution in [3.63, 3.8) is 0 Å². The van der Waals surface area contributed by atoms with Gasteiger partial charge in [0, 0.05) is 36.4 Å². The molecular formula is C49H39N11O6. The zero-order chi connectivity index (χ0) is 45.5. The molecule has 0 unspecified atom stereocenters. The fourth-order valence-corrected chi connectivity index (χ4v) is 7.84. The van der Waals surface area contributed by atoms with E-state index in [1.807, 2.05) is 109 Å². The highest BCUT2D eigenvalue weighted by Gasteiger charge is 2.25. The molecule has 7 aromatic heterocycles. The van der Waals surface area contributed by atoms with Gasteiger partial charge in [-0.2, -0.15) is 5.10 Å². The fourth-order valence-electron chi connectivity index (χ4n) is 7.84. The number of rotatable bonds is 12. The maximum Gasteiger partial charge on any atom is 0.261 e. The Morgan fingerprint density at radius 3 is 1.82 bits per heavy atom. The Morgan fingerprint density at radius 2 is 1.23 bits per heavy atom. The van der Waals surface area contributed by atoms with Gasteiger partial charge in [0.1, 0.15) is 51.2 Å². The lowest BCUT2D eigenvalue weighted by Gasteiger charge is -2.11. The summed E-state index contributed by atoms with van der Waals surface area (Å²) in [5.41, 5.74) is 9.52. The van der Waals surface area contributed by atoms with Gasteiger partial charge in [-0.3, -0.25) is 9.59 Å². The summed E-state index contributed by atoms with van der Waals surface area (Å²) < 4.78 is 25.8. The summed E-state index contributed by atoms with van der Waals surface area (Å²) in [6.07, 6.45) is 3.97. The summed E-state index contributed by atoms with van der Waals surface area (Å²) in [5, 5.41) is 18.6. The largest absolute Gasteiger partial charge is 0.479 e. The average Bonchev–Trinajstić information content (AvgIpc) is 4.13. The summed E-state index contributed by atoms with van der Waals surface area (Å²) in [6, 6.07) is 33.7. The van der Waals surface area contributed by atoms with E-state index in [0.29, 0.717) is 74.4 Å². The summed E-state index contributed by atoms with van der Waals surface area (Å²) in [7, 11) is 4.96. The highest BCUT2D eigenvalue weighted by molar-refractivity contribution is 6.10. The smallest absolute Gasteiger partial charge is 0.261 e. The molecule has 66 heavy (non-hydrogen) atoms. The quantitative estimate of drug-likeness (QED) is 0.118. The number of pyridine rings is 2. The molecule has 0 aliphatic heterocycles. The molecule has 0 radical (unpaired) electrons. The fraction of sp³-hybridized carbons (Fsp3) is 0.122. The molecule has 17 heteroatoms. The maximum atomic E-state index is 13.6. The number of nitrogens with zero attached hydrogens (tertiary/aromatic N) is 9. The zero-order valence-electron chi connectivity index (χ0n) is 36.2. The van der Waals surface area contributed by atoms with Crippen LogP contribution in [0, 0.1) is 13.8 Å². The first-order valence-corrected chi connectivity index (χ1v) is 20.7. The van der Waals surface area contributed by atoms with Crippen LogP contribution in [0.5, 0.6) is 11.8 Å². The van der Waals surface area contributed by atoms with Crippen molar-refractivity contribution in [1.82, 2.24) is 44.4 Å². The number of nitrogens with one attached hydrogen (secondary N) is 2. The van der Waals surface area contributed by atoms with E-state index in [9.17, 15) is 9.59 Å². The van der Waals surface area contributed by atoms with Gasteiger partial charge < -0.3 is 33.7 Å². The SMILES string of the molecule is COc1nc(-c2ccc3c(c2)nc(Cc2ccn4ncc(-c5ccc(NC(=O)c6c(-c7ccccc7)noc6C)c(OC)n5)c4n2)n3C)ccc1NC(=O)c1c(-c2ccccc2)noc1C. The second-order valence-electron chi connectivity index (χ2n) is 15.3. The van der Waals surface area contributed by atoms with Crippen LogP contribution in [-0.4, -0.2) is 70.5 Å². The van der Waals surface area contributed by atoms with Crippen LogP contribution in [0.25, 0.3) is 61.7 Å². The van der Waals surface area contributed by atoms with Crippen LogP contribution in [0.4, 0.5) is 11.4 Å². The number of aromatic nitrogens is 9. The lowest BCUT2D eigenvalue weighted by molar-refractivity contribution is 0.101. The van der Waals surface area contributed by atoms with Crippen LogP contribution < -0.4 is 20.1 Å². The molecule has 10 rings (SSSR count). The summed E-state index contributed by atoms with van der Waals surface area (Å²) in [4.78, 5) is 46.7. The van der Waals surface area contributed by atoms with E-state index < -0.39 is 11.8 Å². The first-order chi connectivity index (χ1) is 32.2. The molecule has 10 aromatic rings. The number of carbonyl (C=O) groups excluding carboxylic acids is 2. The Labute approximate surface area is 376 Å². The Kier molecular flexibility index (Phi) is 10.5. The maximum absolute atomic E-state index is 13.6. The molecule has 0 aliphatic carbocycles. The number of fused-ring (bicyclic) bond motifs is 2. The first-order valence-electron chi connectivity index (χ1n) is 20.7. The molecule has 0 atom stereocenters. The van der Waals surface area contributed by atoms with E-state index in [2.05, 4.69) is 26.0 Å². The number of benzene rings is 3. The van der Waals surface area contributed by atoms with Crippen molar-refractivity contribution < 1.29 is 28.1 Å². The molecule has 0 fully saturated rings. The third kappa shape index (κ3) is 7.53. The normalized spacial score (nSPS) is 11.3. The lowest BCUT2D eigenvalue weighted by atomic mass is 10.1. The van der Waals surface area contributed by atoms with Gasteiger partial charge in [-0.1, -0.05) is 77.0 Å². The monoisotopic (exact) mass is 877 g/mol. The Bertz CT molecular complexity index is 3470. The van der Waals surface area contributed by atoms with Gasteiger partial charge in [-0.05, 0) is 56.3 Å². The van der Waals surface area contributed by atoms with Crippen LogP contribution in [0.3, 0.4) is 0 Å². The van der Waals surface area contributed by atoms with Crippen molar-refractivity contribution in [1.29, 1.82) is 0 Å². The lowest BCUT2D eigenvalue weighted by Crippen LogP contribution is -2.14. The molecule has 0 bridgehead atoms. The number of methoxy groups -OCH3 is 2. The average molecular weight is 878 g/mol. The number of hydrogen-bond donors (Lipinski definition) is 2. The summed E-state index contributed by atoms with van der Waals surface area (Å²) in [6.45, 7) is 3.39. The summed E-state index contributed by atoms with van der Waals surface area (Å²) >= 11 is 0. The second-order valence-corrected chi connectivity index (χ2v) is 15.3. The van der Waals surface area contributed by atoms with Crippen molar-refractivity contribution >= 4 is 39.9 Å². The van der Waals surface area contributed by atoms with Gasteiger partial charge in [-0.15, -0.1) is 0 Å². The van der Waals surface area contributed by atoms with Crippen molar-refractivity contribution in [2.45, 2.75) is 20.3 Å². The van der Waals surface area contributed by atoms with Crippen LogP contribution >= 0.6 is 0 Å². The number of anilines is 2. The standard InChI is InChI=1S/C49H39N11O6/c1-27-41(43(57-65-27)29-12-8-6-9-13-29)46(61)53-36-19-17-34(55-48(36)63-4)31-16-21-39-38(24-31)52-40(59(39)3)25-32-22-23-60-45(51-32)33(26-50-60)35-18-20-37(49(56-35)64-5)54-47(62)42-28(2)66-58-44(42)30-14-10-7-11-15-30/h6-24,26H,25H2,1-5H3,(H,53,61)(H,54,62). The van der Waals surface area contributed by atoms with Gasteiger partial charge in [-0.25, -0.2) is 24.5 Å². The highest BCUT2D eigenvalue weighted by atomic mass is 16.5. The third-order valence-electron chi connectivity index (χ3n) is 11.2. The molecule has 2 amide bonds. The van der Waals surface area contributed by atoms with Crippen LogP contribution in [0.15, 0.2) is 131 Å². The molecule has 17 nitrogen and oxygen atoms in total. The van der Waals surface area contributed by atoms with Gasteiger partial charge >= 0.3 is 0 Å². The Balaban J connectivity index is 0.874. The van der Waals surface area contributed by atoms with Crippen LogP contribution in [-0.2, 0) is 13.5 Å². The molecule has 0 aliphatic rings. The second kappa shape index (κ2) is 16.9. The number of hydrogen-bond acceptors (Lipinski definition) is 13. The number of aryl methyl sites for hydroxylation is 3. The number of ether oxygens (including phenoxy) is 2. The van der Waals surface area contributed by atoms with Crippen LogP contribution in [0.1, 0.15) is 43.8 Å². The molecular weight excluding hydrogens is 839 g/mol. The van der Waals surface area contributed by atoms with Crippen molar-refractivity contribution in [3.05, 3.63) is 156 Å². The highest BCUT2D eigenvalue weighted by Crippen LogP contribution is 2.34. The van der Waals surface area contributed by atoms with Gasteiger partial charge in [0.15, 0.2) is 5.65 Å². The third-order valence-corrected chi connectivity index (χ3v) is 11.2. The molecule has 3 aromatic carbocycles. The first kappa shape index (κ1) is 41.0. The minimum Gasteiger partial charge on any atom is -0.479 e. The van der Waals surface area contributed by atoms with Gasteiger partial charge in [0.25, 0.3) is 11.8 Å². The predicted octanol–water partition coefficient (Wildman–Crippen LogP) is 8.78. The number of carbonyl (C=O) groups is 2. The molecule has 7 heterocycles. The predicted molar refractivity (Wildman–Crippen MR) is 245 cm³/mol. The molecule has 2 N–H and O–H groups in total. The van der Waals surface area contributed by atoms with Crippen LogP contribution in [0.2, 0.25) is 0 Å². The summed E-state index contributed by atoms with van der Waals surface area (Å²) in [5.74, 6) is 1.21. The Morgan fingerprint density at radius 1 is 0.652 bits per heavy atom. The number of imidazole rings is 1. The van der Waals surface area contributed by atoms with E-state index in [-0.39, 0.29) is 11.8 Å². The van der Waals surface area contributed by atoms with Crippen molar-refractivity contribution in [3.8, 4) is 56.8 Å². The molecule has 0 saturated carbocycles. The molecule has 326 valence electrons. The minimum absolute atomic E-state index is 0.206. The minimum atomic E-state index is -0.410. The van der Waals surface area contributed by atoms with E-state index in [4.69, 9.17) is 38.5 Å². The van der Waals surface area contributed by atoms with E-state index in [0.717, 1.165) is 39.2 Å². The topological polar surface area (TPSA) is 203 Å². The number of amides is 2. The van der Waals surface area contributed by atoms with Gasteiger partial charge in [0.2, 0.25) is 11.8 Å². The zero-order valence-corrected chi connectivity index (χ0v) is 36.2. The van der Waals surface area contributed by atoms with E-state index in [1.165, 1.54) is 14.2 Å². The van der Waals surface area contributed by atoms with E-state index in [1.54, 1.807) is 42.8 Å². The van der Waals surface area contributed by atoms with Crippen molar-refractivity contribution in [2.75, 3.05) is 24.9 Å².